The van der Waals surface area contributed by atoms with Gasteiger partial charge in [-0.05, 0) is 12.1 Å². The smallest absolute Gasteiger partial charge is 0.231 e. The SMILES string of the molecule is Nc1sc2ccccc2c(=O)c1O. The second kappa shape index (κ2) is 2.74. The number of benzene rings is 1. The third-order valence-corrected chi connectivity index (χ3v) is 2.79. The van der Waals surface area contributed by atoms with Crippen molar-refractivity contribution in [3.8, 4) is 5.75 Å². The number of aromatic hydroxyl groups is 1. The Morgan fingerprint density at radius 1 is 1.31 bits per heavy atom. The van der Waals surface area contributed by atoms with Crippen LogP contribution in [0.15, 0.2) is 29.1 Å². The molecule has 0 bridgehead atoms. The Labute approximate surface area is 78.1 Å². The van der Waals surface area contributed by atoms with Crippen molar-refractivity contribution in [1.29, 1.82) is 0 Å². The highest BCUT2D eigenvalue weighted by Crippen LogP contribution is 2.27. The summed E-state index contributed by atoms with van der Waals surface area (Å²) in [7, 11) is 0. The molecule has 0 saturated carbocycles. The zero-order valence-corrected chi connectivity index (χ0v) is 7.47. The first-order chi connectivity index (χ1) is 6.20. The molecule has 0 aliphatic heterocycles. The van der Waals surface area contributed by atoms with E-state index in [-0.39, 0.29) is 10.8 Å². The van der Waals surface area contributed by atoms with Crippen molar-refractivity contribution in [2.45, 2.75) is 0 Å². The fourth-order valence-corrected chi connectivity index (χ4v) is 1.99. The summed E-state index contributed by atoms with van der Waals surface area (Å²) in [5, 5.41) is 9.96. The lowest BCUT2D eigenvalue weighted by Gasteiger charge is -1.99. The van der Waals surface area contributed by atoms with E-state index >= 15 is 0 Å². The van der Waals surface area contributed by atoms with E-state index in [9.17, 15) is 9.90 Å². The van der Waals surface area contributed by atoms with E-state index in [1.807, 2.05) is 6.07 Å². The van der Waals surface area contributed by atoms with Gasteiger partial charge >= 0.3 is 0 Å². The topological polar surface area (TPSA) is 63.3 Å². The molecular formula is C9H7NO2S. The minimum absolute atomic E-state index is 0.170. The second-order valence-electron chi connectivity index (χ2n) is 2.64. The number of nitrogen functional groups attached to an aromatic ring is 1. The van der Waals surface area contributed by atoms with Gasteiger partial charge in [-0.3, -0.25) is 4.79 Å². The first kappa shape index (κ1) is 8.07. The van der Waals surface area contributed by atoms with E-state index < -0.39 is 5.43 Å². The van der Waals surface area contributed by atoms with Crippen LogP contribution in [0.1, 0.15) is 0 Å². The third-order valence-electron chi connectivity index (χ3n) is 1.80. The van der Waals surface area contributed by atoms with Crippen LogP contribution in [0.25, 0.3) is 10.1 Å². The maximum absolute atomic E-state index is 11.4. The summed E-state index contributed by atoms with van der Waals surface area (Å²) in [6.07, 6.45) is 0. The molecule has 0 saturated heterocycles. The van der Waals surface area contributed by atoms with Gasteiger partial charge in [-0.1, -0.05) is 12.1 Å². The van der Waals surface area contributed by atoms with Gasteiger partial charge in [-0.15, -0.1) is 11.3 Å². The highest BCUT2D eigenvalue weighted by molar-refractivity contribution is 7.22. The number of rotatable bonds is 0. The van der Waals surface area contributed by atoms with Crippen LogP contribution in [0.2, 0.25) is 0 Å². The molecule has 0 unspecified atom stereocenters. The van der Waals surface area contributed by atoms with Gasteiger partial charge in [0, 0.05) is 10.1 Å². The van der Waals surface area contributed by atoms with Gasteiger partial charge in [0.2, 0.25) is 5.43 Å². The summed E-state index contributed by atoms with van der Waals surface area (Å²) in [6, 6.07) is 7.06. The molecule has 1 aromatic carbocycles. The van der Waals surface area contributed by atoms with Crippen molar-refractivity contribution < 1.29 is 5.11 Å². The largest absolute Gasteiger partial charge is 0.502 e. The molecule has 1 heterocycles. The van der Waals surface area contributed by atoms with Gasteiger partial charge in [-0.2, -0.15) is 0 Å². The van der Waals surface area contributed by atoms with Crippen LogP contribution in [0.5, 0.6) is 5.75 Å². The van der Waals surface area contributed by atoms with Crippen LogP contribution >= 0.6 is 11.3 Å². The van der Waals surface area contributed by atoms with Gasteiger partial charge < -0.3 is 10.8 Å². The standard InChI is InChI=1S/C9H7NO2S/c10-9-8(12)7(11)5-3-1-2-4-6(5)13-9/h1-4,12H,10H2. The van der Waals surface area contributed by atoms with Crippen molar-refractivity contribution in [1.82, 2.24) is 0 Å². The average molecular weight is 193 g/mol. The molecule has 2 aromatic rings. The molecule has 3 nitrogen and oxygen atoms in total. The molecule has 0 aliphatic rings. The van der Waals surface area contributed by atoms with Crippen LogP contribution in [0, 0.1) is 0 Å². The molecule has 3 N–H and O–H groups in total. The van der Waals surface area contributed by atoms with Crippen molar-refractivity contribution in [2.75, 3.05) is 5.73 Å². The Morgan fingerprint density at radius 3 is 2.77 bits per heavy atom. The molecule has 0 radical (unpaired) electrons. The van der Waals surface area contributed by atoms with E-state index in [2.05, 4.69) is 0 Å². The number of hydrogen-bond donors (Lipinski definition) is 2. The minimum Gasteiger partial charge on any atom is -0.502 e. The molecule has 4 heteroatoms. The molecule has 1 aromatic heterocycles. The second-order valence-corrected chi connectivity index (χ2v) is 3.72. The van der Waals surface area contributed by atoms with E-state index in [1.54, 1.807) is 18.2 Å². The Balaban J connectivity index is 3.03. The number of fused-ring (bicyclic) bond motifs is 1. The number of anilines is 1. The quantitative estimate of drug-likeness (QED) is 0.667. The Bertz CT molecular complexity index is 518. The van der Waals surface area contributed by atoms with E-state index in [1.165, 1.54) is 11.3 Å². The molecule has 0 atom stereocenters. The molecule has 0 spiro atoms. The predicted molar refractivity (Wildman–Crippen MR) is 54.2 cm³/mol. The lowest BCUT2D eigenvalue weighted by molar-refractivity contribution is 0.475. The minimum atomic E-state index is -0.396. The van der Waals surface area contributed by atoms with Gasteiger partial charge in [0.1, 0.15) is 5.00 Å². The van der Waals surface area contributed by atoms with E-state index in [0.717, 1.165) is 4.70 Å². The van der Waals surface area contributed by atoms with E-state index in [0.29, 0.717) is 5.39 Å². The first-order valence-electron chi connectivity index (χ1n) is 3.70. The summed E-state index contributed by atoms with van der Waals surface area (Å²) in [6.45, 7) is 0. The molecule has 66 valence electrons. The Kier molecular flexibility index (Phi) is 1.70. The van der Waals surface area contributed by atoms with Crippen molar-refractivity contribution in [3.63, 3.8) is 0 Å². The molecular weight excluding hydrogens is 186 g/mol. The summed E-state index contributed by atoms with van der Waals surface area (Å²) in [5.41, 5.74) is 5.06. The first-order valence-corrected chi connectivity index (χ1v) is 4.52. The highest BCUT2D eigenvalue weighted by Gasteiger charge is 2.07. The van der Waals surface area contributed by atoms with Gasteiger partial charge in [0.05, 0.1) is 0 Å². The van der Waals surface area contributed by atoms with Crippen molar-refractivity contribution in [2.24, 2.45) is 0 Å². The van der Waals surface area contributed by atoms with Gasteiger partial charge in [0.25, 0.3) is 0 Å². The zero-order chi connectivity index (χ0) is 9.42. The third kappa shape index (κ3) is 1.15. The van der Waals surface area contributed by atoms with Crippen molar-refractivity contribution in [3.05, 3.63) is 34.5 Å². The molecule has 2 rings (SSSR count). The summed E-state index contributed by atoms with van der Waals surface area (Å²) in [4.78, 5) is 11.4. The summed E-state index contributed by atoms with van der Waals surface area (Å²) < 4.78 is 0.794. The molecule has 0 amide bonds. The van der Waals surface area contributed by atoms with Gasteiger partial charge in [0.15, 0.2) is 5.75 Å². The van der Waals surface area contributed by atoms with E-state index in [4.69, 9.17) is 5.73 Å². The van der Waals surface area contributed by atoms with Crippen molar-refractivity contribution >= 4 is 26.4 Å². The normalized spacial score (nSPS) is 10.5. The van der Waals surface area contributed by atoms with Crippen LogP contribution in [-0.4, -0.2) is 5.11 Å². The molecule has 0 fully saturated rings. The summed E-state index contributed by atoms with van der Waals surface area (Å²) in [5.74, 6) is -0.344. The lowest BCUT2D eigenvalue weighted by Crippen LogP contribution is -2.02. The maximum Gasteiger partial charge on any atom is 0.231 e. The summed E-state index contributed by atoms with van der Waals surface area (Å²) >= 11 is 1.21. The van der Waals surface area contributed by atoms with Crippen LogP contribution in [0.3, 0.4) is 0 Å². The molecule has 0 aliphatic carbocycles. The average Bonchev–Trinajstić information content (AvgIpc) is 2.15. The molecule has 13 heavy (non-hydrogen) atoms. The Morgan fingerprint density at radius 2 is 2.00 bits per heavy atom. The fraction of sp³-hybridized carbons (Fsp3) is 0. The predicted octanol–water partition coefficient (Wildman–Crippen LogP) is 1.55. The Hall–Kier alpha value is -1.55. The van der Waals surface area contributed by atoms with Crippen LogP contribution < -0.4 is 11.2 Å². The van der Waals surface area contributed by atoms with Crippen LogP contribution in [0.4, 0.5) is 5.00 Å². The monoisotopic (exact) mass is 193 g/mol. The fourth-order valence-electron chi connectivity index (χ4n) is 1.15. The van der Waals surface area contributed by atoms with Crippen LogP contribution in [-0.2, 0) is 0 Å². The zero-order valence-electron chi connectivity index (χ0n) is 6.65. The number of nitrogens with two attached hydrogens (primary N) is 1. The van der Waals surface area contributed by atoms with Gasteiger partial charge in [-0.25, -0.2) is 0 Å². The number of hydrogen-bond acceptors (Lipinski definition) is 4. The lowest BCUT2D eigenvalue weighted by atomic mass is 10.2. The maximum atomic E-state index is 11.4. The highest BCUT2D eigenvalue weighted by atomic mass is 32.1.